The predicted molar refractivity (Wildman–Crippen MR) is 118 cm³/mol. The number of hydrogen-bond donors (Lipinski definition) is 1. The third kappa shape index (κ3) is 5.46. The van der Waals surface area contributed by atoms with Crippen LogP contribution in [0.3, 0.4) is 0 Å². The van der Waals surface area contributed by atoms with Gasteiger partial charge in [-0.2, -0.15) is 0 Å². The van der Waals surface area contributed by atoms with Crippen LogP contribution in [0.2, 0.25) is 0 Å². The van der Waals surface area contributed by atoms with E-state index < -0.39 is 5.97 Å². The molecule has 0 aliphatic heterocycles. The van der Waals surface area contributed by atoms with Crippen LogP contribution in [0.4, 0.5) is 5.69 Å². The average Bonchev–Trinajstić information content (AvgIpc) is 3.11. The summed E-state index contributed by atoms with van der Waals surface area (Å²) in [5, 5.41) is 6.73. The quantitative estimate of drug-likeness (QED) is 0.483. The molecule has 8 heteroatoms. The number of anilines is 1. The number of aryl methyl sites for hydroxylation is 2. The Morgan fingerprint density at radius 1 is 0.969 bits per heavy atom. The van der Waals surface area contributed by atoms with E-state index in [0.29, 0.717) is 41.5 Å². The van der Waals surface area contributed by atoms with Crippen molar-refractivity contribution in [3.8, 4) is 11.5 Å². The molecule has 1 heterocycles. The van der Waals surface area contributed by atoms with Crippen LogP contribution in [-0.4, -0.2) is 30.2 Å². The molecule has 0 aliphatic carbocycles. The first-order chi connectivity index (χ1) is 15.4. The third-order valence-corrected chi connectivity index (χ3v) is 4.72. The standard InChI is InChI=1S/C24H26N2O6/c1-5-29-22-13-18(24(28)30-6-2)9-12-21(22)25-23(27)17-7-10-19(11-8-17)31-14-20-15(3)26-32-16(20)4/h7-13H,5-6,14H2,1-4H3,(H,25,27). The molecule has 0 saturated heterocycles. The third-order valence-electron chi connectivity index (χ3n) is 4.72. The molecule has 168 valence electrons. The van der Waals surface area contributed by atoms with Crippen LogP contribution >= 0.6 is 0 Å². The maximum atomic E-state index is 12.7. The molecular weight excluding hydrogens is 412 g/mol. The zero-order valence-electron chi connectivity index (χ0n) is 18.6. The summed E-state index contributed by atoms with van der Waals surface area (Å²) in [7, 11) is 0. The Hall–Kier alpha value is -3.81. The molecule has 0 bridgehead atoms. The SMILES string of the molecule is CCOC(=O)c1ccc(NC(=O)c2ccc(OCc3c(C)noc3C)cc2)c(OCC)c1. The zero-order valence-corrected chi connectivity index (χ0v) is 18.6. The molecule has 0 saturated carbocycles. The van der Waals surface area contributed by atoms with Gasteiger partial charge in [-0.05, 0) is 70.2 Å². The van der Waals surface area contributed by atoms with E-state index in [1.54, 1.807) is 49.4 Å². The van der Waals surface area contributed by atoms with E-state index in [4.69, 9.17) is 18.7 Å². The molecule has 1 aromatic heterocycles. The van der Waals surface area contributed by atoms with Crippen LogP contribution < -0.4 is 14.8 Å². The van der Waals surface area contributed by atoms with Crippen LogP contribution in [0, 0.1) is 13.8 Å². The number of carbonyl (C=O) groups is 2. The fraction of sp³-hybridized carbons (Fsp3) is 0.292. The van der Waals surface area contributed by atoms with Gasteiger partial charge < -0.3 is 24.1 Å². The maximum Gasteiger partial charge on any atom is 0.338 e. The van der Waals surface area contributed by atoms with Gasteiger partial charge in [0.1, 0.15) is 23.9 Å². The van der Waals surface area contributed by atoms with Gasteiger partial charge in [-0.25, -0.2) is 4.79 Å². The lowest BCUT2D eigenvalue weighted by atomic mass is 10.1. The Bertz CT molecular complexity index is 1070. The van der Waals surface area contributed by atoms with Crippen molar-refractivity contribution in [3.05, 3.63) is 70.6 Å². The van der Waals surface area contributed by atoms with Gasteiger partial charge in [0.15, 0.2) is 0 Å². The van der Waals surface area contributed by atoms with Gasteiger partial charge >= 0.3 is 5.97 Å². The Kier molecular flexibility index (Phi) is 7.49. The van der Waals surface area contributed by atoms with E-state index in [1.807, 2.05) is 20.8 Å². The molecule has 0 radical (unpaired) electrons. The largest absolute Gasteiger partial charge is 0.492 e. The molecule has 2 aromatic carbocycles. The Labute approximate surface area is 186 Å². The van der Waals surface area contributed by atoms with E-state index in [-0.39, 0.29) is 12.5 Å². The molecule has 0 atom stereocenters. The van der Waals surface area contributed by atoms with Crippen molar-refractivity contribution in [1.82, 2.24) is 5.16 Å². The second-order valence-corrected chi connectivity index (χ2v) is 6.93. The Morgan fingerprint density at radius 3 is 2.31 bits per heavy atom. The number of nitrogens with zero attached hydrogens (tertiary/aromatic N) is 1. The van der Waals surface area contributed by atoms with Gasteiger partial charge in [0, 0.05) is 5.56 Å². The highest BCUT2D eigenvalue weighted by Crippen LogP contribution is 2.27. The number of carbonyl (C=O) groups excluding carboxylic acids is 2. The van der Waals surface area contributed by atoms with Crippen LogP contribution in [0.1, 0.15) is 51.6 Å². The number of aromatic nitrogens is 1. The van der Waals surface area contributed by atoms with E-state index >= 15 is 0 Å². The molecule has 0 aliphatic rings. The predicted octanol–water partition coefficient (Wildman–Crippen LogP) is 4.70. The average molecular weight is 438 g/mol. The van der Waals surface area contributed by atoms with Crippen molar-refractivity contribution in [2.75, 3.05) is 18.5 Å². The van der Waals surface area contributed by atoms with Gasteiger partial charge in [0.25, 0.3) is 5.91 Å². The van der Waals surface area contributed by atoms with Crippen molar-refractivity contribution in [2.24, 2.45) is 0 Å². The summed E-state index contributed by atoms with van der Waals surface area (Å²) in [6.07, 6.45) is 0. The Balaban J connectivity index is 1.68. The number of esters is 1. The minimum Gasteiger partial charge on any atom is -0.492 e. The smallest absolute Gasteiger partial charge is 0.338 e. The Morgan fingerprint density at radius 2 is 1.69 bits per heavy atom. The second kappa shape index (κ2) is 10.5. The number of benzene rings is 2. The summed E-state index contributed by atoms with van der Waals surface area (Å²) in [4.78, 5) is 24.7. The summed E-state index contributed by atoms with van der Waals surface area (Å²) >= 11 is 0. The van der Waals surface area contributed by atoms with Crippen LogP contribution in [0.5, 0.6) is 11.5 Å². The highest BCUT2D eigenvalue weighted by molar-refractivity contribution is 6.05. The lowest BCUT2D eigenvalue weighted by molar-refractivity contribution is 0.0526. The number of nitrogens with one attached hydrogen (secondary N) is 1. The molecule has 3 aromatic rings. The normalized spacial score (nSPS) is 10.5. The summed E-state index contributed by atoms with van der Waals surface area (Å²) in [6.45, 7) is 8.25. The van der Waals surface area contributed by atoms with Gasteiger partial charge in [0.05, 0.1) is 35.7 Å². The number of amides is 1. The number of ether oxygens (including phenoxy) is 3. The van der Waals surface area contributed by atoms with Crippen molar-refractivity contribution < 1.29 is 28.3 Å². The van der Waals surface area contributed by atoms with Crippen molar-refractivity contribution in [2.45, 2.75) is 34.3 Å². The number of hydrogen-bond acceptors (Lipinski definition) is 7. The molecule has 1 amide bonds. The zero-order chi connectivity index (χ0) is 23.1. The van der Waals surface area contributed by atoms with Gasteiger partial charge in [-0.3, -0.25) is 4.79 Å². The molecule has 8 nitrogen and oxygen atoms in total. The van der Waals surface area contributed by atoms with E-state index in [2.05, 4.69) is 10.5 Å². The summed E-state index contributed by atoms with van der Waals surface area (Å²) in [6, 6.07) is 11.6. The van der Waals surface area contributed by atoms with Gasteiger partial charge in [-0.15, -0.1) is 0 Å². The molecule has 1 N–H and O–H groups in total. The minimum absolute atomic E-state index is 0.277. The first-order valence-electron chi connectivity index (χ1n) is 10.3. The van der Waals surface area contributed by atoms with Crippen molar-refractivity contribution >= 4 is 17.6 Å². The molecule has 0 unspecified atom stereocenters. The molecular formula is C24H26N2O6. The number of rotatable bonds is 9. The van der Waals surface area contributed by atoms with E-state index in [1.165, 1.54) is 0 Å². The molecule has 3 rings (SSSR count). The molecule has 32 heavy (non-hydrogen) atoms. The van der Waals surface area contributed by atoms with Crippen LogP contribution in [-0.2, 0) is 11.3 Å². The lowest BCUT2D eigenvalue weighted by Crippen LogP contribution is -2.14. The summed E-state index contributed by atoms with van der Waals surface area (Å²) in [5.74, 6) is 0.976. The molecule has 0 fully saturated rings. The maximum absolute atomic E-state index is 12.7. The van der Waals surface area contributed by atoms with E-state index in [0.717, 1.165) is 17.0 Å². The first-order valence-corrected chi connectivity index (χ1v) is 10.3. The van der Waals surface area contributed by atoms with Crippen LogP contribution in [0.15, 0.2) is 47.0 Å². The topological polar surface area (TPSA) is 99.9 Å². The van der Waals surface area contributed by atoms with E-state index in [9.17, 15) is 9.59 Å². The first kappa shape index (κ1) is 22.9. The van der Waals surface area contributed by atoms with Crippen LogP contribution in [0.25, 0.3) is 0 Å². The highest BCUT2D eigenvalue weighted by atomic mass is 16.5. The fourth-order valence-electron chi connectivity index (χ4n) is 3.00. The lowest BCUT2D eigenvalue weighted by Gasteiger charge is -2.13. The second-order valence-electron chi connectivity index (χ2n) is 6.93. The summed E-state index contributed by atoms with van der Waals surface area (Å²) in [5.41, 5.74) is 2.96. The summed E-state index contributed by atoms with van der Waals surface area (Å²) < 4.78 is 21.5. The van der Waals surface area contributed by atoms with Gasteiger partial charge in [-0.1, -0.05) is 5.16 Å². The molecule has 0 spiro atoms. The van der Waals surface area contributed by atoms with Crippen molar-refractivity contribution in [1.29, 1.82) is 0 Å². The monoisotopic (exact) mass is 438 g/mol. The van der Waals surface area contributed by atoms with Crippen molar-refractivity contribution in [3.63, 3.8) is 0 Å². The fourth-order valence-corrected chi connectivity index (χ4v) is 3.00. The van der Waals surface area contributed by atoms with Gasteiger partial charge in [0.2, 0.25) is 0 Å². The highest BCUT2D eigenvalue weighted by Gasteiger charge is 2.15. The minimum atomic E-state index is -0.446.